The van der Waals surface area contributed by atoms with Gasteiger partial charge in [0.05, 0.1) is 22.9 Å². The van der Waals surface area contributed by atoms with E-state index in [2.05, 4.69) is 21.4 Å². The lowest BCUT2D eigenvalue weighted by atomic mass is 10.2. The Morgan fingerprint density at radius 3 is 2.89 bits per heavy atom. The van der Waals surface area contributed by atoms with Gasteiger partial charge in [0.15, 0.2) is 0 Å². The third kappa shape index (κ3) is 3.18. The monoisotopic (exact) mass is 253 g/mol. The van der Waals surface area contributed by atoms with Crippen LogP contribution < -0.4 is 5.32 Å². The first-order valence-corrected chi connectivity index (χ1v) is 7.01. The molecule has 0 spiro atoms. The van der Waals surface area contributed by atoms with Crippen molar-refractivity contribution in [2.24, 2.45) is 0 Å². The number of hydrogen-bond acceptors (Lipinski definition) is 3. The van der Waals surface area contributed by atoms with Crippen LogP contribution in [0.5, 0.6) is 0 Å². The normalized spacial score (nSPS) is 14.8. The van der Waals surface area contributed by atoms with Gasteiger partial charge in [-0.1, -0.05) is 23.8 Å². The summed E-state index contributed by atoms with van der Waals surface area (Å²) in [4.78, 5) is 9.03. The molecule has 1 heterocycles. The third-order valence-electron chi connectivity index (χ3n) is 3.56. The minimum absolute atomic E-state index is 0.797. The van der Waals surface area contributed by atoms with Gasteiger partial charge in [-0.25, -0.2) is 4.98 Å². The zero-order chi connectivity index (χ0) is 12.9. The Bertz CT molecular complexity index is 589. The van der Waals surface area contributed by atoms with Crippen molar-refractivity contribution in [3.8, 4) is 0 Å². The van der Waals surface area contributed by atoms with E-state index in [1.54, 1.807) is 5.57 Å². The molecule has 3 rings (SSSR count). The van der Waals surface area contributed by atoms with E-state index < -0.39 is 0 Å². The van der Waals surface area contributed by atoms with Gasteiger partial charge in [0.25, 0.3) is 0 Å². The maximum atomic E-state index is 4.60. The molecule has 0 fully saturated rings. The third-order valence-corrected chi connectivity index (χ3v) is 3.56. The number of nitrogens with zero attached hydrogens (tertiary/aromatic N) is 2. The smallest absolute Gasteiger partial charge is 0.0890 e. The van der Waals surface area contributed by atoms with Crippen LogP contribution in [0, 0.1) is 0 Å². The lowest BCUT2D eigenvalue weighted by Gasteiger charge is -2.05. The standard InChI is InChI=1S/C16H19N3/c1-2-6-13(5-1)9-10-17-11-14-12-18-15-7-3-4-8-16(15)19-14/h3-5,7-8,12,17H,1-2,6,9-11H2. The van der Waals surface area contributed by atoms with Crippen molar-refractivity contribution in [2.45, 2.75) is 32.2 Å². The van der Waals surface area contributed by atoms with E-state index >= 15 is 0 Å². The fraction of sp³-hybridized carbons (Fsp3) is 0.375. The highest BCUT2D eigenvalue weighted by molar-refractivity contribution is 5.73. The van der Waals surface area contributed by atoms with Gasteiger partial charge in [0.1, 0.15) is 0 Å². The summed E-state index contributed by atoms with van der Waals surface area (Å²) in [6, 6.07) is 7.99. The van der Waals surface area contributed by atoms with Gasteiger partial charge >= 0.3 is 0 Å². The molecular formula is C16H19N3. The van der Waals surface area contributed by atoms with Gasteiger partial charge < -0.3 is 5.32 Å². The van der Waals surface area contributed by atoms with Crippen molar-refractivity contribution in [2.75, 3.05) is 6.54 Å². The molecule has 0 unspecified atom stereocenters. The molecule has 19 heavy (non-hydrogen) atoms. The number of nitrogens with one attached hydrogen (secondary N) is 1. The van der Waals surface area contributed by atoms with Crippen LogP contribution in [0.3, 0.4) is 0 Å². The van der Waals surface area contributed by atoms with Crippen molar-refractivity contribution >= 4 is 11.0 Å². The molecule has 1 aliphatic rings. The molecule has 0 bridgehead atoms. The van der Waals surface area contributed by atoms with Crippen molar-refractivity contribution in [3.63, 3.8) is 0 Å². The van der Waals surface area contributed by atoms with Crippen LogP contribution in [0.1, 0.15) is 31.4 Å². The highest BCUT2D eigenvalue weighted by Gasteiger charge is 2.04. The number of fused-ring (bicyclic) bond motifs is 1. The first kappa shape index (κ1) is 12.3. The zero-order valence-electron chi connectivity index (χ0n) is 11.1. The molecule has 3 heteroatoms. The first-order valence-electron chi connectivity index (χ1n) is 7.01. The summed E-state index contributed by atoms with van der Waals surface area (Å²) in [5.74, 6) is 0. The van der Waals surface area contributed by atoms with Crippen LogP contribution in [-0.2, 0) is 6.54 Å². The van der Waals surface area contributed by atoms with Crippen LogP contribution in [-0.4, -0.2) is 16.5 Å². The molecular weight excluding hydrogens is 234 g/mol. The largest absolute Gasteiger partial charge is 0.311 e. The van der Waals surface area contributed by atoms with E-state index in [0.717, 1.165) is 29.8 Å². The van der Waals surface area contributed by atoms with Crippen molar-refractivity contribution < 1.29 is 0 Å². The van der Waals surface area contributed by atoms with Crippen molar-refractivity contribution in [1.82, 2.24) is 15.3 Å². The minimum Gasteiger partial charge on any atom is -0.311 e. The Labute approximate surface area is 113 Å². The fourth-order valence-corrected chi connectivity index (χ4v) is 2.51. The average Bonchev–Trinajstić information content (AvgIpc) is 2.97. The number of aromatic nitrogens is 2. The van der Waals surface area contributed by atoms with Crippen LogP contribution in [0.2, 0.25) is 0 Å². The molecule has 0 amide bonds. The fourth-order valence-electron chi connectivity index (χ4n) is 2.51. The summed E-state index contributed by atoms with van der Waals surface area (Å²) < 4.78 is 0. The van der Waals surface area contributed by atoms with E-state index in [4.69, 9.17) is 0 Å². The molecule has 1 aromatic heterocycles. The minimum atomic E-state index is 0.797. The molecule has 1 aliphatic carbocycles. The van der Waals surface area contributed by atoms with Gasteiger partial charge in [0.2, 0.25) is 0 Å². The van der Waals surface area contributed by atoms with E-state index in [1.807, 2.05) is 30.5 Å². The van der Waals surface area contributed by atoms with Crippen molar-refractivity contribution in [3.05, 3.63) is 47.8 Å². The summed E-state index contributed by atoms with van der Waals surface area (Å²) in [5, 5.41) is 3.45. The quantitative estimate of drug-likeness (QED) is 0.656. The molecule has 0 saturated carbocycles. The molecule has 0 aliphatic heterocycles. The van der Waals surface area contributed by atoms with Gasteiger partial charge in [-0.3, -0.25) is 4.98 Å². The highest BCUT2D eigenvalue weighted by atomic mass is 14.9. The van der Waals surface area contributed by atoms with Crippen LogP contribution in [0.25, 0.3) is 11.0 Å². The molecule has 0 radical (unpaired) electrons. The molecule has 0 saturated heterocycles. The van der Waals surface area contributed by atoms with Crippen LogP contribution in [0.4, 0.5) is 0 Å². The lowest BCUT2D eigenvalue weighted by Crippen LogP contribution is -2.16. The van der Waals surface area contributed by atoms with E-state index in [-0.39, 0.29) is 0 Å². The predicted octanol–water partition coefficient (Wildman–Crippen LogP) is 3.22. The number of benzene rings is 1. The second-order valence-corrected chi connectivity index (χ2v) is 5.03. The number of para-hydroxylation sites is 2. The number of allylic oxidation sites excluding steroid dienone is 1. The van der Waals surface area contributed by atoms with E-state index in [1.165, 1.54) is 25.7 Å². The molecule has 1 N–H and O–H groups in total. The Morgan fingerprint density at radius 1 is 1.16 bits per heavy atom. The predicted molar refractivity (Wildman–Crippen MR) is 77.8 cm³/mol. The maximum absolute atomic E-state index is 4.60. The summed E-state index contributed by atoms with van der Waals surface area (Å²) in [5.41, 5.74) is 4.55. The zero-order valence-corrected chi connectivity index (χ0v) is 11.1. The maximum Gasteiger partial charge on any atom is 0.0890 e. The summed E-state index contributed by atoms with van der Waals surface area (Å²) in [6.07, 6.45) is 9.32. The second kappa shape index (κ2) is 5.93. The average molecular weight is 253 g/mol. The molecule has 3 nitrogen and oxygen atoms in total. The Balaban J connectivity index is 1.53. The van der Waals surface area contributed by atoms with Gasteiger partial charge in [-0.15, -0.1) is 0 Å². The van der Waals surface area contributed by atoms with Crippen LogP contribution in [0.15, 0.2) is 42.1 Å². The molecule has 1 aromatic carbocycles. The highest BCUT2D eigenvalue weighted by Crippen LogP contribution is 2.19. The Kier molecular flexibility index (Phi) is 3.84. The van der Waals surface area contributed by atoms with Crippen molar-refractivity contribution in [1.29, 1.82) is 0 Å². The Morgan fingerprint density at radius 2 is 2.05 bits per heavy atom. The number of rotatable bonds is 5. The van der Waals surface area contributed by atoms with Gasteiger partial charge in [0, 0.05) is 6.54 Å². The topological polar surface area (TPSA) is 37.8 Å². The number of hydrogen-bond donors (Lipinski definition) is 1. The van der Waals surface area contributed by atoms with Crippen LogP contribution >= 0.6 is 0 Å². The Hall–Kier alpha value is -1.74. The SMILES string of the molecule is C1=C(CCNCc2cnc3ccccc3n2)CCC1. The second-order valence-electron chi connectivity index (χ2n) is 5.03. The van der Waals surface area contributed by atoms with E-state index in [0.29, 0.717) is 0 Å². The first-order chi connectivity index (χ1) is 9.42. The molecule has 2 aromatic rings. The summed E-state index contributed by atoms with van der Waals surface area (Å²) in [7, 11) is 0. The summed E-state index contributed by atoms with van der Waals surface area (Å²) in [6.45, 7) is 1.82. The van der Waals surface area contributed by atoms with Gasteiger partial charge in [-0.05, 0) is 44.4 Å². The molecule has 98 valence electrons. The lowest BCUT2D eigenvalue weighted by molar-refractivity contribution is 0.665. The summed E-state index contributed by atoms with van der Waals surface area (Å²) >= 11 is 0. The van der Waals surface area contributed by atoms with Gasteiger partial charge in [-0.2, -0.15) is 0 Å². The molecule has 0 atom stereocenters. The van der Waals surface area contributed by atoms with E-state index in [9.17, 15) is 0 Å².